The fraction of sp³-hybridized carbons (Fsp3) is 0.222. The van der Waals surface area contributed by atoms with Gasteiger partial charge in [0, 0.05) is 16.6 Å². The van der Waals surface area contributed by atoms with E-state index in [0.29, 0.717) is 4.47 Å². The van der Waals surface area contributed by atoms with E-state index in [-0.39, 0.29) is 11.4 Å². The van der Waals surface area contributed by atoms with E-state index in [1.54, 1.807) is 5.32 Å². The number of nitro benzene ring substituents is 1. The first-order valence-electron chi connectivity index (χ1n) is 4.74. The number of hydrogen-bond acceptors (Lipinski definition) is 3. The van der Waals surface area contributed by atoms with Gasteiger partial charge in [-0.2, -0.15) is 13.2 Å². The molecule has 0 saturated heterocycles. The topological polar surface area (TPSA) is 84.3 Å². The Balaban J connectivity index is 2.73. The summed E-state index contributed by atoms with van der Waals surface area (Å²) in [5, 5.41) is 14.2. The summed E-state index contributed by atoms with van der Waals surface area (Å²) >= 11 is 3.01. The maximum absolute atomic E-state index is 11.9. The van der Waals surface area contributed by atoms with Crippen LogP contribution in [-0.4, -0.2) is 23.7 Å². The van der Waals surface area contributed by atoms with Gasteiger partial charge in [-0.15, -0.1) is 0 Å². The molecule has 0 aromatic heterocycles. The van der Waals surface area contributed by atoms with Gasteiger partial charge in [-0.25, -0.2) is 4.79 Å². The van der Waals surface area contributed by atoms with Crippen molar-refractivity contribution in [3.8, 4) is 0 Å². The van der Waals surface area contributed by atoms with E-state index in [9.17, 15) is 28.1 Å². The quantitative estimate of drug-likeness (QED) is 0.654. The Labute approximate surface area is 113 Å². The lowest BCUT2D eigenvalue weighted by Crippen LogP contribution is -2.36. The van der Waals surface area contributed by atoms with Crippen LogP contribution >= 0.6 is 15.9 Å². The number of carbonyl (C=O) groups is 1. The van der Waals surface area contributed by atoms with Crippen LogP contribution in [-0.2, 0) is 0 Å². The molecule has 0 bridgehead atoms. The summed E-state index contributed by atoms with van der Waals surface area (Å²) in [5.74, 6) is 0. The molecule has 0 fully saturated rings. The number of anilines is 1. The Kier molecular flexibility index (Phi) is 4.70. The predicted octanol–water partition coefficient (Wildman–Crippen LogP) is 3.04. The Morgan fingerprint density at radius 2 is 2.05 bits per heavy atom. The van der Waals surface area contributed by atoms with Gasteiger partial charge in [0.15, 0.2) is 0 Å². The van der Waals surface area contributed by atoms with Gasteiger partial charge >= 0.3 is 12.2 Å². The van der Waals surface area contributed by atoms with E-state index in [2.05, 4.69) is 21.2 Å². The molecule has 6 nitrogen and oxygen atoms in total. The number of nitro groups is 1. The molecule has 1 aromatic carbocycles. The van der Waals surface area contributed by atoms with E-state index in [0.717, 1.165) is 6.07 Å². The zero-order valence-corrected chi connectivity index (χ0v) is 10.7. The maximum atomic E-state index is 11.9. The summed E-state index contributed by atoms with van der Waals surface area (Å²) in [6, 6.07) is 2.40. The Hall–Kier alpha value is -1.84. The van der Waals surface area contributed by atoms with Crippen LogP contribution in [0, 0.1) is 10.1 Å². The highest BCUT2D eigenvalue weighted by Crippen LogP contribution is 2.27. The van der Waals surface area contributed by atoms with Gasteiger partial charge in [-0.3, -0.25) is 10.1 Å². The second-order valence-electron chi connectivity index (χ2n) is 3.34. The van der Waals surface area contributed by atoms with E-state index in [1.165, 1.54) is 12.1 Å². The van der Waals surface area contributed by atoms with Crippen molar-refractivity contribution in [1.29, 1.82) is 0 Å². The summed E-state index contributed by atoms with van der Waals surface area (Å²) in [7, 11) is 0. The molecule has 2 amide bonds. The van der Waals surface area contributed by atoms with Crippen LogP contribution in [0.2, 0.25) is 0 Å². The van der Waals surface area contributed by atoms with Crippen LogP contribution in [0.1, 0.15) is 0 Å². The highest BCUT2D eigenvalue weighted by Gasteiger charge is 2.27. The molecule has 1 aromatic rings. The number of alkyl halides is 3. The molecule has 0 aliphatic heterocycles. The molecule has 0 atom stereocenters. The molecule has 19 heavy (non-hydrogen) atoms. The number of benzene rings is 1. The second kappa shape index (κ2) is 5.87. The average molecular weight is 342 g/mol. The lowest BCUT2D eigenvalue weighted by molar-refractivity contribution is -0.384. The highest BCUT2D eigenvalue weighted by molar-refractivity contribution is 9.10. The first kappa shape index (κ1) is 15.2. The minimum absolute atomic E-state index is 0.00567. The molecule has 0 heterocycles. The zero-order chi connectivity index (χ0) is 14.6. The number of amides is 2. The van der Waals surface area contributed by atoms with Gasteiger partial charge in [0.05, 0.1) is 10.6 Å². The largest absolute Gasteiger partial charge is 0.405 e. The number of carbonyl (C=O) groups excluding carboxylic acids is 1. The number of nitrogens with one attached hydrogen (secondary N) is 2. The molecule has 10 heteroatoms. The van der Waals surface area contributed by atoms with Crippen molar-refractivity contribution in [3.63, 3.8) is 0 Å². The highest BCUT2D eigenvalue weighted by atomic mass is 79.9. The minimum Gasteiger partial charge on any atom is -0.329 e. The lowest BCUT2D eigenvalue weighted by Gasteiger charge is -2.10. The molecule has 0 saturated carbocycles. The van der Waals surface area contributed by atoms with Gasteiger partial charge < -0.3 is 10.6 Å². The molecule has 0 unspecified atom stereocenters. The van der Waals surface area contributed by atoms with Gasteiger partial charge in [0.1, 0.15) is 6.54 Å². The minimum atomic E-state index is -4.53. The molecule has 104 valence electrons. The van der Waals surface area contributed by atoms with Crippen LogP contribution in [0.25, 0.3) is 0 Å². The molecule has 2 N–H and O–H groups in total. The molecule has 0 aliphatic carbocycles. The van der Waals surface area contributed by atoms with E-state index < -0.39 is 23.7 Å². The third-order valence-corrected chi connectivity index (χ3v) is 2.55. The van der Waals surface area contributed by atoms with E-state index >= 15 is 0 Å². The Morgan fingerprint density at radius 3 is 2.58 bits per heavy atom. The monoisotopic (exact) mass is 341 g/mol. The van der Waals surface area contributed by atoms with Crippen molar-refractivity contribution in [2.24, 2.45) is 0 Å². The summed E-state index contributed by atoms with van der Waals surface area (Å²) < 4.78 is 35.9. The van der Waals surface area contributed by atoms with E-state index in [1.807, 2.05) is 0 Å². The van der Waals surface area contributed by atoms with Crippen LogP contribution < -0.4 is 10.6 Å². The van der Waals surface area contributed by atoms with Crippen molar-refractivity contribution < 1.29 is 22.9 Å². The standard InChI is InChI=1S/C9H7BrF3N3O3/c10-6-2-1-5(16(18)19)3-7(6)15-8(17)14-4-9(11,12)13/h1-3H,4H2,(H2,14,15,17). The number of nitrogens with zero attached hydrogens (tertiary/aromatic N) is 1. The molecule has 0 aliphatic rings. The van der Waals surface area contributed by atoms with Gasteiger partial charge in [0.25, 0.3) is 5.69 Å². The first-order chi connectivity index (χ1) is 8.69. The van der Waals surface area contributed by atoms with Gasteiger partial charge in [-0.1, -0.05) is 0 Å². The van der Waals surface area contributed by atoms with Crippen LogP contribution in [0.3, 0.4) is 0 Å². The molecular weight excluding hydrogens is 335 g/mol. The SMILES string of the molecule is O=C(NCC(F)(F)F)Nc1cc([N+](=O)[O-])ccc1Br. The fourth-order valence-corrected chi connectivity index (χ4v) is 1.42. The van der Waals surface area contributed by atoms with Crippen molar-refractivity contribution >= 4 is 33.3 Å². The lowest BCUT2D eigenvalue weighted by atomic mass is 10.3. The van der Waals surface area contributed by atoms with Crippen molar-refractivity contribution in [1.82, 2.24) is 5.32 Å². The zero-order valence-electron chi connectivity index (χ0n) is 9.12. The summed E-state index contributed by atoms with van der Waals surface area (Å²) in [6.45, 7) is -1.49. The molecule has 0 radical (unpaired) electrons. The summed E-state index contributed by atoms with van der Waals surface area (Å²) in [4.78, 5) is 21.0. The second-order valence-corrected chi connectivity index (χ2v) is 4.20. The number of non-ortho nitro benzene ring substituents is 1. The Bertz CT molecular complexity index is 507. The van der Waals surface area contributed by atoms with Crippen molar-refractivity contribution in [3.05, 3.63) is 32.8 Å². The maximum Gasteiger partial charge on any atom is 0.405 e. The molecule has 0 spiro atoms. The first-order valence-corrected chi connectivity index (χ1v) is 5.54. The Morgan fingerprint density at radius 1 is 1.42 bits per heavy atom. The number of rotatable bonds is 3. The van der Waals surface area contributed by atoms with Gasteiger partial charge in [0.2, 0.25) is 0 Å². The number of hydrogen-bond donors (Lipinski definition) is 2. The number of halogens is 4. The summed E-state index contributed by atoms with van der Waals surface area (Å²) in [5.41, 5.74) is -0.303. The van der Waals surface area contributed by atoms with Crippen LogP contribution in [0.5, 0.6) is 0 Å². The average Bonchev–Trinajstić information content (AvgIpc) is 2.28. The third kappa shape index (κ3) is 5.12. The molecular formula is C9H7BrF3N3O3. The summed E-state index contributed by atoms with van der Waals surface area (Å²) in [6.07, 6.45) is -4.53. The van der Waals surface area contributed by atoms with Crippen molar-refractivity contribution in [2.75, 3.05) is 11.9 Å². The number of urea groups is 1. The third-order valence-electron chi connectivity index (χ3n) is 1.86. The van der Waals surface area contributed by atoms with E-state index in [4.69, 9.17) is 0 Å². The normalized spacial score (nSPS) is 10.9. The predicted molar refractivity (Wildman–Crippen MR) is 63.9 cm³/mol. The van der Waals surface area contributed by atoms with Crippen molar-refractivity contribution in [2.45, 2.75) is 6.18 Å². The van der Waals surface area contributed by atoms with Crippen LogP contribution in [0.15, 0.2) is 22.7 Å². The fourth-order valence-electron chi connectivity index (χ4n) is 1.07. The smallest absolute Gasteiger partial charge is 0.329 e. The van der Waals surface area contributed by atoms with Gasteiger partial charge in [-0.05, 0) is 22.0 Å². The molecule has 1 rings (SSSR count). The van der Waals surface area contributed by atoms with Crippen LogP contribution in [0.4, 0.5) is 29.3 Å².